The maximum atomic E-state index is 13.6. The van der Waals surface area contributed by atoms with Gasteiger partial charge in [-0.25, -0.2) is 4.79 Å². The Morgan fingerprint density at radius 2 is 1.58 bits per heavy atom. The summed E-state index contributed by atoms with van der Waals surface area (Å²) in [4.78, 5) is 40.7. The number of benzene rings is 3. The van der Waals surface area contributed by atoms with Crippen LogP contribution in [0.5, 0.6) is 0 Å². The van der Waals surface area contributed by atoms with Crippen LogP contribution in [-0.2, 0) is 14.3 Å². The molecule has 36 heavy (non-hydrogen) atoms. The summed E-state index contributed by atoms with van der Waals surface area (Å²) in [5.74, 6) is -1.02. The van der Waals surface area contributed by atoms with Crippen molar-refractivity contribution in [3.8, 4) is 0 Å². The molecule has 3 amide bonds. The highest BCUT2D eigenvalue weighted by molar-refractivity contribution is 6.00. The number of hydrogen-bond acceptors (Lipinski definition) is 5. The minimum Gasteiger partial charge on any atom is -0.444 e. The van der Waals surface area contributed by atoms with E-state index in [1.165, 1.54) is 4.90 Å². The summed E-state index contributed by atoms with van der Waals surface area (Å²) < 4.78 is 5.23. The van der Waals surface area contributed by atoms with E-state index in [-0.39, 0.29) is 6.54 Å². The summed E-state index contributed by atoms with van der Waals surface area (Å²) in [5, 5.41) is 17.2. The number of aliphatic hydroxyl groups is 1. The third-order valence-corrected chi connectivity index (χ3v) is 5.49. The molecule has 2 unspecified atom stereocenters. The summed E-state index contributed by atoms with van der Waals surface area (Å²) in [6.07, 6.45) is -0.831. The van der Waals surface area contributed by atoms with Crippen molar-refractivity contribution in [1.82, 2.24) is 10.2 Å². The second kappa shape index (κ2) is 11.7. The number of carbonyl (C=O) groups is 3. The fourth-order valence-corrected chi connectivity index (χ4v) is 3.89. The number of nitrogens with zero attached hydrogens (tertiary/aromatic N) is 1. The summed E-state index contributed by atoms with van der Waals surface area (Å²) in [6.45, 7) is 6.34. The van der Waals surface area contributed by atoms with Crippen molar-refractivity contribution in [3.63, 3.8) is 0 Å². The number of rotatable bonds is 8. The molecular formula is C28H33N3O5. The van der Waals surface area contributed by atoms with Crippen LogP contribution in [0.1, 0.15) is 39.3 Å². The van der Waals surface area contributed by atoms with Gasteiger partial charge in [-0.1, -0.05) is 60.7 Å². The third-order valence-electron chi connectivity index (χ3n) is 5.49. The van der Waals surface area contributed by atoms with Gasteiger partial charge in [0.2, 0.25) is 5.91 Å². The fourth-order valence-electron chi connectivity index (χ4n) is 3.89. The van der Waals surface area contributed by atoms with E-state index in [1.807, 2.05) is 42.5 Å². The van der Waals surface area contributed by atoms with Gasteiger partial charge in [0, 0.05) is 12.2 Å². The third kappa shape index (κ3) is 6.82. The summed E-state index contributed by atoms with van der Waals surface area (Å²) >= 11 is 0. The summed E-state index contributed by atoms with van der Waals surface area (Å²) in [7, 11) is 0. The Morgan fingerprint density at radius 1 is 0.944 bits per heavy atom. The normalized spacial score (nSPS) is 12.9. The molecule has 0 heterocycles. The zero-order valence-corrected chi connectivity index (χ0v) is 21.0. The molecule has 190 valence electrons. The number of fused-ring (bicyclic) bond motifs is 1. The van der Waals surface area contributed by atoms with Crippen LogP contribution in [0, 0.1) is 0 Å². The number of likely N-dealkylation sites (N-methyl/N-ethyl adjacent to an activating group) is 1. The lowest BCUT2D eigenvalue weighted by molar-refractivity contribution is -0.141. The molecule has 0 aliphatic rings. The van der Waals surface area contributed by atoms with Gasteiger partial charge >= 0.3 is 6.09 Å². The molecule has 0 saturated heterocycles. The molecule has 3 aromatic rings. The molecule has 0 bridgehead atoms. The van der Waals surface area contributed by atoms with Crippen molar-refractivity contribution in [2.45, 2.75) is 45.4 Å². The minimum absolute atomic E-state index is 0.163. The standard InChI is InChI=1S/C28H33N3O5/c1-5-31(26(34)23(18-32)30-27(35)36-28(2,3)4)24(20-12-7-6-8-13-20)25(33)29-22-16-15-19-11-9-10-14-21(19)17-22/h6-17,23-24,32H,5,18H2,1-4H3,(H,29,33)(H,30,35). The van der Waals surface area contributed by atoms with Gasteiger partial charge in [-0.15, -0.1) is 0 Å². The van der Waals surface area contributed by atoms with Gasteiger partial charge in [-0.05, 0) is 56.2 Å². The first-order valence-corrected chi connectivity index (χ1v) is 11.9. The minimum atomic E-state index is -1.28. The zero-order chi connectivity index (χ0) is 26.3. The van der Waals surface area contributed by atoms with Crippen LogP contribution in [0.15, 0.2) is 72.8 Å². The fraction of sp³-hybridized carbons (Fsp3) is 0.321. The number of carbonyl (C=O) groups excluding carboxylic acids is 3. The molecule has 3 rings (SSSR count). The molecule has 0 fully saturated rings. The van der Waals surface area contributed by atoms with E-state index in [4.69, 9.17) is 4.74 Å². The molecule has 0 saturated carbocycles. The molecule has 3 aromatic carbocycles. The Balaban J connectivity index is 1.89. The Bertz CT molecular complexity index is 1210. The van der Waals surface area contributed by atoms with Crippen LogP contribution in [0.3, 0.4) is 0 Å². The van der Waals surface area contributed by atoms with Gasteiger partial charge in [0.15, 0.2) is 0 Å². The molecule has 0 aliphatic carbocycles. The van der Waals surface area contributed by atoms with Crippen molar-refractivity contribution in [3.05, 3.63) is 78.4 Å². The van der Waals surface area contributed by atoms with Gasteiger partial charge in [0.25, 0.3) is 5.91 Å². The van der Waals surface area contributed by atoms with E-state index in [2.05, 4.69) is 10.6 Å². The number of aliphatic hydroxyl groups excluding tert-OH is 1. The van der Waals surface area contributed by atoms with Crippen LogP contribution in [0.2, 0.25) is 0 Å². The highest BCUT2D eigenvalue weighted by Crippen LogP contribution is 2.25. The lowest BCUT2D eigenvalue weighted by Crippen LogP contribution is -2.53. The highest BCUT2D eigenvalue weighted by atomic mass is 16.6. The first kappa shape index (κ1) is 26.7. The Morgan fingerprint density at radius 3 is 2.19 bits per heavy atom. The van der Waals surface area contributed by atoms with Gasteiger partial charge in [0.05, 0.1) is 6.61 Å². The molecule has 0 spiro atoms. The molecule has 8 heteroatoms. The van der Waals surface area contributed by atoms with Crippen molar-refractivity contribution in [2.75, 3.05) is 18.5 Å². The van der Waals surface area contributed by atoms with Gasteiger partial charge < -0.3 is 25.4 Å². The predicted octanol–water partition coefficient (Wildman–Crippen LogP) is 4.25. The summed E-state index contributed by atoms with van der Waals surface area (Å²) in [5.41, 5.74) is 0.415. The molecular weight excluding hydrogens is 458 g/mol. The van der Waals surface area contributed by atoms with Crippen molar-refractivity contribution in [2.24, 2.45) is 0 Å². The number of amides is 3. The maximum absolute atomic E-state index is 13.6. The largest absolute Gasteiger partial charge is 0.444 e. The van der Waals surface area contributed by atoms with E-state index in [9.17, 15) is 19.5 Å². The Labute approximate surface area is 211 Å². The molecule has 0 aromatic heterocycles. The van der Waals surface area contributed by atoms with E-state index >= 15 is 0 Å². The number of ether oxygens (including phenoxy) is 1. The Kier molecular flexibility index (Phi) is 8.66. The molecule has 0 radical (unpaired) electrons. The quantitative estimate of drug-likeness (QED) is 0.437. The molecule has 0 aliphatic heterocycles. The average Bonchev–Trinajstić information content (AvgIpc) is 2.84. The van der Waals surface area contributed by atoms with Crippen LogP contribution >= 0.6 is 0 Å². The first-order chi connectivity index (χ1) is 17.1. The molecule has 8 nitrogen and oxygen atoms in total. The van der Waals surface area contributed by atoms with Crippen LogP contribution in [0.25, 0.3) is 10.8 Å². The maximum Gasteiger partial charge on any atom is 0.408 e. The lowest BCUT2D eigenvalue weighted by atomic mass is 10.0. The predicted molar refractivity (Wildman–Crippen MR) is 139 cm³/mol. The van der Waals surface area contributed by atoms with E-state index in [0.29, 0.717) is 11.3 Å². The number of hydrogen-bond donors (Lipinski definition) is 3. The van der Waals surface area contributed by atoms with Crippen molar-refractivity contribution < 1.29 is 24.2 Å². The van der Waals surface area contributed by atoms with E-state index in [1.54, 1.807) is 58.0 Å². The SMILES string of the molecule is CCN(C(=O)C(CO)NC(=O)OC(C)(C)C)C(C(=O)Nc1ccc2ccccc2c1)c1ccccc1. The van der Waals surface area contributed by atoms with Gasteiger partial charge in [-0.3, -0.25) is 9.59 Å². The van der Waals surface area contributed by atoms with Crippen LogP contribution in [-0.4, -0.2) is 52.7 Å². The van der Waals surface area contributed by atoms with Crippen LogP contribution in [0.4, 0.5) is 10.5 Å². The van der Waals surface area contributed by atoms with Crippen LogP contribution < -0.4 is 10.6 Å². The number of nitrogens with one attached hydrogen (secondary N) is 2. The zero-order valence-electron chi connectivity index (χ0n) is 21.0. The summed E-state index contributed by atoms with van der Waals surface area (Å²) in [6, 6.07) is 20.0. The number of anilines is 1. The second-order valence-corrected chi connectivity index (χ2v) is 9.37. The second-order valence-electron chi connectivity index (χ2n) is 9.37. The monoisotopic (exact) mass is 491 g/mol. The smallest absolute Gasteiger partial charge is 0.408 e. The van der Waals surface area contributed by atoms with Gasteiger partial charge in [-0.2, -0.15) is 0 Å². The van der Waals surface area contributed by atoms with Crippen molar-refractivity contribution in [1.29, 1.82) is 0 Å². The van der Waals surface area contributed by atoms with Crippen molar-refractivity contribution >= 4 is 34.4 Å². The first-order valence-electron chi connectivity index (χ1n) is 11.9. The Hall–Kier alpha value is -3.91. The topological polar surface area (TPSA) is 108 Å². The van der Waals surface area contributed by atoms with E-state index in [0.717, 1.165) is 10.8 Å². The van der Waals surface area contributed by atoms with Gasteiger partial charge in [0.1, 0.15) is 17.7 Å². The molecule has 3 N–H and O–H groups in total. The highest BCUT2D eigenvalue weighted by Gasteiger charge is 2.35. The van der Waals surface area contributed by atoms with E-state index < -0.39 is 42.2 Å². The average molecular weight is 492 g/mol. The lowest BCUT2D eigenvalue weighted by Gasteiger charge is -2.33. The molecule has 2 atom stereocenters. The number of alkyl carbamates (subject to hydrolysis) is 1.